The Labute approximate surface area is 145 Å². The largest absolute Gasteiger partial charge is 0.489 e. The average Bonchev–Trinajstić information content (AvgIpc) is 2.84. The van der Waals surface area contributed by atoms with Gasteiger partial charge in [0.1, 0.15) is 6.17 Å². The van der Waals surface area contributed by atoms with Crippen molar-refractivity contribution in [3.05, 3.63) is 52.5 Å². The SMILES string of the molecule is CN1C(=O)c2ccccc2NC1c1cc(Cl)c2c(c1)OCCCO2. The first-order valence-electron chi connectivity index (χ1n) is 7.87. The Morgan fingerprint density at radius 1 is 1.21 bits per heavy atom. The van der Waals surface area contributed by atoms with E-state index in [0.717, 1.165) is 17.7 Å². The van der Waals surface area contributed by atoms with E-state index in [9.17, 15) is 4.79 Å². The molecule has 4 rings (SSSR count). The van der Waals surface area contributed by atoms with Crippen molar-refractivity contribution in [2.75, 3.05) is 25.6 Å². The number of ether oxygens (including phenoxy) is 2. The number of benzene rings is 2. The van der Waals surface area contributed by atoms with Gasteiger partial charge in [-0.2, -0.15) is 0 Å². The highest BCUT2D eigenvalue weighted by Crippen LogP contribution is 2.41. The topological polar surface area (TPSA) is 50.8 Å². The molecule has 2 heterocycles. The molecule has 2 aliphatic rings. The lowest BCUT2D eigenvalue weighted by Crippen LogP contribution is -2.40. The molecule has 2 aliphatic heterocycles. The zero-order valence-corrected chi connectivity index (χ0v) is 14.0. The lowest BCUT2D eigenvalue weighted by molar-refractivity contribution is 0.0735. The summed E-state index contributed by atoms with van der Waals surface area (Å²) in [6.07, 6.45) is 0.496. The quantitative estimate of drug-likeness (QED) is 0.857. The molecule has 0 fully saturated rings. The zero-order chi connectivity index (χ0) is 16.7. The highest BCUT2D eigenvalue weighted by molar-refractivity contribution is 6.32. The van der Waals surface area contributed by atoms with Gasteiger partial charge in [0.05, 0.1) is 23.8 Å². The standard InChI is InChI=1S/C18H17ClN2O3/c1-21-17(20-14-6-3-2-5-12(14)18(21)22)11-9-13(19)16-15(10-11)23-7-4-8-24-16/h2-3,5-6,9-10,17,20H,4,7-8H2,1H3. The second kappa shape index (κ2) is 5.91. The predicted molar refractivity (Wildman–Crippen MR) is 92.0 cm³/mol. The number of carbonyl (C=O) groups excluding carboxylic acids is 1. The van der Waals surface area contributed by atoms with Crippen molar-refractivity contribution in [3.63, 3.8) is 0 Å². The fraction of sp³-hybridized carbons (Fsp3) is 0.278. The van der Waals surface area contributed by atoms with Crippen LogP contribution in [0.5, 0.6) is 11.5 Å². The molecular weight excluding hydrogens is 328 g/mol. The number of carbonyl (C=O) groups is 1. The summed E-state index contributed by atoms with van der Waals surface area (Å²) in [7, 11) is 1.77. The zero-order valence-electron chi connectivity index (χ0n) is 13.2. The molecule has 1 atom stereocenters. The predicted octanol–water partition coefficient (Wildman–Crippen LogP) is 3.70. The van der Waals surface area contributed by atoms with Crippen LogP contribution in [-0.2, 0) is 0 Å². The number of nitrogens with zero attached hydrogens (tertiary/aromatic N) is 1. The van der Waals surface area contributed by atoms with Crippen LogP contribution in [0.2, 0.25) is 5.02 Å². The van der Waals surface area contributed by atoms with Gasteiger partial charge in [0.25, 0.3) is 5.91 Å². The molecule has 5 nitrogen and oxygen atoms in total. The van der Waals surface area contributed by atoms with Gasteiger partial charge in [0.15, 0.2) is 11.5 Å². The normalized spacial score (nSPS) is 19.3. The smallest absolute Gasteiger partial charge is 0.257 e. The van der Waals surface area contributed by atoms with Crippen LogP contribution >= 0.6 is 11.6 Å². The molecule has 0 saturated carbocycles. The van der Waals surface area contributed by atoms with Crippen LogP contribution in [0.4, 0.5) is 5.69 Å². The van der Waals surface area contributed by atoms with Crippen LogP contribution in [0.15, 0.2) is 36.4 Å². The molecule has 0 bridgehead atoms. The molecule has 24 heavy (non-hydrogen) atoms. The average molecular weight is 345 g/mol. The van der Waals surface area contributed by atoms with E-state index in [0.29, 0.717) is 35.3 Å². The number of amides is 1. The van der Waals surface area contributed by atoms with E-state index >= 15 is 0 Å². The van der Waals surface area contributed by atoms with E-state index in [1.807, 2.05) is 36.4 Å². The first-order valence-corrected chi connectivity index (χ1v) is 8.25. The summed E-state index contributed by atoms with van der Waals surface area (Å²) in [4.78, 5) is 14.3. The summed E-state index contributed by atoms with van der Waals surface area (Å²) in [6, 6.07) is 11.2. The van der Waals surface area contributed by atoms with E-state index in [4.69, 9.17) is 21.1 Å². The van der Waals surface area contributed by atoms with Crippen LogP contribution in [-0.4, -0.2) is 31.1 Å². The number of halogens is 1. The van der Waals surface area contributed by atoms with Gasteiger partial charge in [-0.3, -0.25) is 4.79 Å². The van der Waals surface area contributed by atoms with E-state index in [-0.39, 0.29) is 12.1 Å². The van der Waals surface area contributed by atoms with Gasteiger partial charge in [0, 0.05) is 24.7 Å². The lowest BCUT2D eigenvalue weighted by atomic mass is 10.0. The first-order chi connectivity index (χ1) is 11.6. The van der Waals surface area contributed by atoms with E-state index in [1.54, 1.807) is 11.9 Å². The first kappa shape index (κ1) is 15.1. The van der Waals surface area contributed by atoms with Crippen molar-refractivity contribution in [1.29, 1.82) is 0 Å². The molecule has 1 N–H and O–H groups in total. The molecule has 2 aromatic carbocycles. The number of fused-ring (bicyclic) bond motifs is 2. The van der Waals surface area contributed by atoms with Gasteiger partial charge in [-0.25, -0.2) is 0 Å². The minimum absolute atomic E-state index is 0.0300. The van der Waals surface area contributed by atoms with Crippen molar-refractivity contribution < 1.29 is 14.3 Å². The number of hydrogen-bond donors (Lipinski definition) is 1. The second-order valence-electron chi connectivity index (χ2n) is 5.89. The van der Waals surface area contributed by atoms with Crippen molar-refractivity contribution in [2.45, 2.75) is 12.6 Å². The Balaban J connectivity index is 1.75. The molecule has 0 aromatic heterocycles. The summed E-state index contributed by atoms with van der Waals surface area (Å²) >= 11 is 6.39. The fourth-order valence-electron chi connectivity index (χ4n) is 3.06. The Hall–Kier alpha value is -2.40. The number of anilines is 1. The fourth-order valence-corrected chi connectivity index (χ4v) is 3.34. The molecular formula is C18H17ClN2O3. The van der Waals surface area contributed by atoms with Crippen molar-refractivity contribution >= 4 is 23.2 Å². The maximum atomic E-state index is 12.6. The lowest BCUT2D eigenvalue weighted by Gasteiger charge is -2.35. The van der Waals surface area contributed by atoms with E-state index < -0.39 is 0 Å². The summed E-state index contributed by atoms with van der Waals surface area (Å²) in [5, 5.41) is 3.88. The third kappa shape index (κ3) is 2.45. The maximum absolute atomic E-state index is 12.6. The maximum Gasteiger partial charge on any atom is 0.257 e. The van der Waals surface area contributed by atoms with Gasteiger partial charge in [-0.15, -0.1) is 0 Å². The number of para-hydroxylation sites is 1. The Morgan fingerprint density at radius 2 is 2.00 bits per heavy atom. The minimum atomic E-state index is -0.318. The molecule has 2 aromatic rings. The van der Waals surface area contributed by atoms with E-state index in [2.05, 4.69) is 5.32 Å². The van der Waals surface area contributed by atoms with Gasteiger partial charge in [-0.05, 0) is 24.3 Å². The summed E-state index contributed by atoms with van der Waals surface area (Å²) in [5.41, 5.74) is 2.33. The van der Waals surface area contributed by atoms with Crippen LogP contribution in [0.25, 0.3) is 0 Å². The van der Waals surface area contributed by atoms with Crippen LogP contribution in [0, 0.1) is 0 Å². The molecule has 0 saturated heterocycles. The van der Waals surface area contributed by atoms with Crippen molar-refractivity contribution in [1.82, 2.24) is 4.90 Å². The highest BCUT2D eigenvalue weighted by atomic mass is 35.5. The third-order valence-electron chi connectivity index (χ3n) is 4.30. The monoisotopic (exact) mass is 344 g/mol. The van der Waals surface area contributed by atoms with Gasteiger partial charge in [-0.1, -0.05) is 23.7 Å². The number of nitrogens with one attached hydrogen (secondary N) is 1. The van der Waals surface area contributed by atoms with Crippen molar-refractivity contribution in [3.8, 4) is 11.5 Å². The molecule has 1 unspecified atom stereocenters. The Morgan fingerprint density at radius 3 is 2.88 bits per heavy atom. The molecule has 124 valence electrons. The van der Waals surface area contributed by atoms with E-state index in [1.165, 1.54) is 0 Å². The molecule has 0 aliphatic carbocycles. The summed E-state index contributed by atoms with van der Waals surface area (Å²) < 4.78 is 11.4. The van der Waals surface area contributed by atoms with Crippen LogP contribution in [0.3, 0.4) is 0 Å². The van der Waals surface area contributed by atoms with Crippen LogP contribution < -0.4 is 14.8 Å². The van der Waals surface area contributed by atoms with Crippen molar-refractivity contribution in [2.24, 2.45) is 0 Å². The van der Waals surface area contributed by atoms with Gasteiger partial charge in [0.2, 0.25) is 0 Å². The number of hydrogen-bond acceptors (Lipinski definition) is 4. The molecule has 6 heteroatoms. The summed E-state index contributed by atoms with van der Waals surface area (Å²) in [6.45, 7) is 1.17. The second-order valence-corrected chi connectivity index (χ2v) is 6.30. The third-order valence-corrected chi connectivity index (χ3v) is 4.58. The Bertz CT molecular complexity index is 809. The minimum Gasteiger partial charge on any atom is -0.489 e. The molecule has 1 amide bonds. The molecule has 0 radical (unpaired) electrons. The molecule has 0 spiro atoms. The van der Waals surface area contributed by atoms with Gasteiger partial charge >= 0.3 is 0 Å². The van der Waals surface area contributed by atoms with Gasteiger partial charge < -0.3 is 19.7 Å². The summed E-state index contributed by atoms with van der Waals surface area (Å²) in [5.74, 6) is 1.16. The Kier molecular flexibility index (Phi) is 3.73. The highest BCUT2D eigenvalue weighted by Gasteiger charge is 2.31. The number of rotatable bonds is 1. The van der Waals surface area contributed by atoms with Crippen LogP contribution in [0.1, 0.15) is 28.5 Å².